The Labute approximate surface area is 113 Å². The van der Waals surface area contributed by atoms with Crippen molar-refractivity contribution >= 4 is 27.5 Å². The first-order chi connectivity index (χ1) is 8.20. The standard InChI is InChI=1S/C11H12BrClN4/c12-8-2-3-9(10(13)6-8)11-7-17(16-15-11)5-1-4-14/h2-3,6-7H,1,4-5,14H2. The number of aryl methyl sites for hydroxylation is 1. The van der Waals surface area contributed by atoms with Gasteiger partial charge in [0.2, 0.25) is 0 Å². The van der Waals surface area contributed by atoms with E-state index in [2.05, 4.69) is 26.2 Å². The Morgan fingerprint density at radius 2 is 2.24 bits per heavy atom. The summed E-state index contributed by atoms with van der Waals surface area (Å²) in [4.78, 5) is 0. The highest BCUT2D eigenvalue weighted by Gasteiger charge is 2.08. The highest BCUT2D eigenvalue weighted by molar-refractivity contribution is 9.10. The van der Waals surface area contributed by atoms with Crippen molar-refractivity contribution in [1.29, 1.82) is 0 Å². The fourth-order valence-electron chi connectivity index (χ4n) is 1.48. The maximum absolute atomic E-state index is 6.15. The van der Waals surface area contributed by atoms with E-state index in [1.807, 2.05) is 24.4 Å². The molecule has 4 nitrogen and oxygen atoms in total. The normalized spacial score (nSPS) is 10.8. The van der Waals surface area contributed by atoms with Crippen LogP contribution in [0.4, 0.5) is 0 Å². The summed E-state index contributed by atoms with van der Waals surface area (Å²) in [5, 5.41) is 8.79. The lowest BCUT2D eigenvalue weighted by Gasteiger charge is -2.00. The molecule has 2 aromatic rings. The van der Waals surface area contributed by atoms with Crippen molar-refractivity contribution in [2.24, 2.45) is 5.73 Å². The molecule has 0 bridgehead atoms. The lowest BCUT2D eigenvalue weighted by atomic mass is 10.2. The molecule has 6 heteroatoms. The van der Waals surface area contributed by atoms with E-state index in [0.29, 0.717) is 11.6 Å². The number of hydrogen-bond donors (Lipinski definition) is 1. The fraction of sp³-hybridized carbons (Fsp3) is 0.273. The van der Waals surface area contributed by atoms with E-state index in [4.69, 9.17) is 17.3 Å². The Morgan fingerprint density at radius 3 is 2.94 bits per heavy atom. The molecule has 90 valence electrons. The molecule has 0 amide bonds. The largest absolute Gasteiger partial charge is 0.330 e. The first kappa shape index (κ1) is 12.5. The SMILES string of the molecule is NCCCn1cc(-c2ccc(Br)cc2Cl)nn1. The van der Waals surface area contributed by atoms with E-state index in [0.717, 1.165) is 28.7 Å². The highest BCUT2D eigenvalue weighted by atomic mass is 79.9. The van der Waals surface area contributed by atoms with E-state index in [1.54, 1.807) is 4.68 Å². The molecule has 0 saturated carbocycles. The van der Waals surface area contributed by atoms with Crippen molar-refractivity contribution in [2.75, 3.05) is 6.54 Å². The van der Waals surface area contributed by atoms with Crippen molar-refractivity contribution in [2.45, 2.75) is 13.0 Å². The minimum Gasteiger partial charge on any atom is -0.330 e. The molecular formula is C11H12BrClN4. The minimum atomic E-state index is 0.647. The van der Waals surface area contributed by atoms with Crippen LogP contribution in [0.5, 0.6) is 0 Å². The highest BCUT2D eigenvalue weighted by Crippen LogP contribution is 2.28. The number of nitrogens with zero attached hydrogens (tertiary/aromatic N) is 3. The molecule has 0 unspecified atom stereocenters. The molecule has 0 atom stereocenters. The second-order valence-electron chi connectivity index (χ2n) is 3.63. The van der Waals surface area contributed by atoms with Crippen LogP contribution >= 0.6 is 27.5 Å². The van der Waals surface area contributed by atoms with Gasteiger partial charge in [-0.15, -0.1) is 5.10 Å². The topological polar surface area (TPSA) is 56.7 Å². The average Bonchev–Trinajstić information content (AvgIpc) is 2.75. The van der Waals surface area contributed by atoms with Crippen molar-refractivity contribution < 1.29 is 0 Å². The van der Waals surface area contributed by atoms with Crippen LogP contribution in [0.1, 0.15) is 6.42 Å². The van der Waals surface area contributed by atoms with Crippen molar-refractivity contribution in [3.05, 3.63) is 33.9 Å². The average molecular weight is 316 g/mol. The van der Waals surface area contributed by atoms with Gasteiger partial charge >= 0.3 is 0 Å². The quantitative estimate of drug-likeness (QED) is 0.944. The predicted molar refractivity (Wildman–Crippen MR) is 71.8 cm³/mol. The summed E-state index contributed by atoms with van der Waals surface area (Å²) in [6.07, 6.45) is 2.77. The Hall–Kier alpha value is -0.910. The number of hydrogen-bond acceptors (Lipinski definition) is 3. The van der Waals surface area contributed by atoms with Gasteiger partial charge in [0.1, 0.15) is 5.69 Å². The molecule has 2 N–H and O–H groups in total. The minimum absolute atomic E-state index is 0.647. The first-order valence-electron chi connectivity index (χ1n) is 5.26. The maximum atomic E-state index is 6.15. The van der Waals surface area contributed by atoms with Gasteiger partial charge in [-0.05, 0) is 25.1 Å². The predicted octanol–water partition coefficient (Wildman–Crippen LogP) is 2.71. The smallest absolute Gasteiger partial charge is 0.114 e. The zero-order valence-corrected chi connectivity index (χ0v) is 11.4. The third-order valence-corrected chi connectivity index (χ3v) is 3.14. The van der Waals surface area contributed by atoms with Gasteiger partial charge in [-0.1, -0.05) is 38.8 Å². The van der Waals surface area contributed by atoms with Gasteiger partial charge < -0.3 is 5.73 Å². The molecule has 0 aliphatic rings. The fourth-order valence-corrected chi connectivity index (χ4v) is 2.25. The molecule has 1 aromatic carbocycles. The molecule has 17 heavy (non-hydrogen) atoms. The van der Waals surface area contributed by atoms with Crippen LogP contribution in [0.25, 0.3) is 11.3 Å². The Bertz CT molecular complexity index is 512. The van der Waals surface area contributed by atoms with Crippen LogP contribution < -0.4 is 5.73 Å². The Balaban J connectivity index is 2.24. The van der Waals surface area contributed by atoms with E-state index in [1.165, 1.54) is 0 Å². The zero-order chi connectivity index (χ0) is 12.3. The van der Waals surface area contributed by atoms with E-state index in [-0.39, 0.29) is 0 Å². The second-order valence-corrected chi connectivity index (χ2v) is 4.96. The lowest BCUT2D eigenvalue weighted by Crippen LogP contribution is -2.06. The van der Waals surface area contributed by atoms with E-state index < -0.39 is 0 Å². The van der Waals surface area contributed by atoms with Gasteiger partial charge in [-0.2, -0.15) is 0 Å². The number of nitrogens with two attached hydrogens (primary N) is 1. The van der Waals surface area contributed by atoms with Gasteiger partial charge in [-0.3, -0.25) is 4.68 Å². The second kappa shape index (κ2) is 5.62. The van der Waals surface area contributed by atoms with Crippen LogP contribution in [0, 0.1) is 0 Å². The van der Waals surface area contributed by atoms with Gasteiger partial charge in [-0.25, -0.2) is 0 Å². The van der Waals surface area contributed by atoms with Crippen LogP contribution in [0.2, 0.25) is 5.02 Å². The van der Waals surface area contributed by atoms with E-state index >= 15 is 0 Å². The van der Waals surface area contributed by atoms with Crippen molar-refractivity contribution in [3.63, 3.8) is 0 Å². The Morgan fingerprint density at radius 1 is 1.41 bits per heavy atom. The summed E-state index contributed by atoms with van der Waals surface area (Å²) in [6.45, 7) is 1.42. The van der Waals surface area contributed by atoms with Gasteiger partial charge in [0, 0.05) is 16.6 Å². The summed E-state index contributed by atoms with van der Waals surface area (Å²) >= 11 is 9.52. The third-order valence-electron chi connectivity index (χ3n) is 2.34. The van der Waals surface area contributed by atoms with Crippen LogP contribution in [-0.2, 0) is 6.54 Å². The summed E-state index contributed by atoms with van der Waals surface area (Å²) in [5.41, 5.74) is 7.11. The summed E-state index contributed by atoms with van der Waals surface area (Å²) < 4.78 is 2.72. The zero-order valence-electron chi connectivity index (χ0n) is 9.11. The molecular weight excluding hydrogens is 304 g/mol. The molecule has 0 fully saturated rings. The summed E-state index contributed by atoms with van der Waals surface area (Å²) in [6, 6.07) is 5.69. The number of halogens is 2. The van der Waals surface area contributed by atoms with Gasteiger partial charge in [0.05, 0.1) is 11.2 Å². The first-order valence-corrected chi connectivity index (χ1v) is 6.43. The molecule has 0 aliphatic carbocycles. The molecule has 2 rings (SSSR count). The molecule has 1 heterocycles. The van der Waals surface area contributed by atoms with Crippen LogP contribution in [0.3, 0.4) is 0 Å². The molecule has 0 saturated heterocycles. The molecule has 0 spiro atoms. The summed E-state index contributed by atoms with van der Waals surface area (Å²) in [7, 11) is 0. The Kier molecular flexibility index (Phi) is 4.15. The molecule has 0 aliphatic heterocycles. The van der Waals surface area contributed by atoms with Crippen molar-refractivity contribution in [1.82, 2.24) is 15.0 Å². The van der Waals surface area contributed by atoms with Gasteiger partial charge in [0.15, 0.2) is 0 Å². The molecule has 1 aromatic heterocycles. The van der Waals surface area contributed by atoms with Gasteiger partial charge in [0.25, 0.3) is 0 Å². The maximum Gasteiger partial charge on any atom is 0.114 e. The number of rotatable bonds is 4. The monoisotopic (exact) mass is 314 g/mol. The number of aromatic nitrogens is 3. The molecule has 0 radical (unpaired) electrons. The van der Waals surface area contributed by atoms with Crippen LogP contribution in [0.15, 0.2) is 28.9 Å². The third kappa shape index (κ3) is 3.06. The van der Waals surface area contributed by atoms with Crippen LogP contribution in [-0.4, -0.2) is 21.5 Å². The van der Waals surface area contributed by atoms with Crippen molar-refractivity contribution in [3.8, 4) is 11.3 Å². The summed E-state index contributed by atoms with van der Waals surface area (Å²) in [5.74, 6) is 0. The number of benzene rings is 1. The van der Waals surface area contributed by atoms with E-state index in [9.17, 15) is 0 Å². The lowest BCUT2D eigenvalue weighted by molar-refractivity contribution is 0.564.